The predicted molar refractivity (Wildman–Crippen MR) is 93.9 cm³/mol. The Morgan fingerprint density at radius 3 is 2.35 bits per heavy atom. The van der Waals surface area contributed by atoms with Gasteiger partial charge in [0.15, 0.2) is 0 Å². The highest BCUT2D eigenvalue weighted by atomic mass is 35.5. The monoisotopic (exact) mass is 351 g/mol. The summed E-state index contributed by atoms with van der Waals surface area (Å²) < 4.78 is 0. The van der Waals surface area contributed by atoms with Gasteiger partial charge in [-0.3, -0.25) is 4.79 Å². The van der Waals surface area contributed by atoms with Gasteiger partial charge < -0.3 is 5.32 Å². The van der Waals surface area contributed by atoms with Gasteiger partial charge >= 0.3 is 0 Å². The van der Waals surface area contributed by atoms with Crippen molar-refractivity contribution in [1.29, 1.82) is 0 Å². The Bertz CT molecular complexity index is 614. The molecule has 2 nitrogen and oxygen atoms in total. The number of nitrogens with one attached hydrogen (secondary N) is 1. The number of carbonyl (C=O) groups is 1. The SMILES string of the molecule is CC1(CNC(=O)c2cc(Cl)ccc2Cl)C2CC3CC(C2)CC1C3. The van der Waals surface area contributed by atoms with Crippen LogP contribution in [0.3, 0.4) is 0 Å². The van der Waals surface area contributed by atoms with E-state index in [9.17, 15) is 4.79 Å². The number of halogens is 2. The van der Waals surface area contributed by atoms with Crippen molar-refractivity contribution in [2.24, 2.45) is 29.1 Å². The first-order valence-corrected chi connectivity index (χ1v) is 9.44. The molecule has 0 unspecified atom stereocenters. The van der Waals surface area contributed by atoms with E-state index in [1.165, 1.54) is 32.1 Å². The van der Waals surface area contributed by atoms with Crippen molar-refractivity contribution in [3.8, 4) is 0 Å². The van der Waals surface area contributed by atoms with E-state index in [4.69, 9.17) is 23.2 Å². The Hall–Kier alpha value is -0.730. The lowest BCUT2D eigenvalue weighted by Gasteiger charge is -2.60. The fourth-order valence-corrected chi connectivity index (χ4v) is 5.96. The van der Waals surface area contributed by atoms with Gasteiger partial charge in [-0.05, 0) is 79.4 Å². The molecular weight excluding hydrogens is 329 g/mol. The molecule has 1 aromatic carbocycles. The summed E-state index contributed by atoms with van der Waals surface area (Å²) in [6, 6.07) is 5.04. The molecule has 124 valence electrons. The van der Waals surface area contributed by atoms with E-state index in [-0.39, 0.29) is 11.3 Å². The van der Waals surface area contributed by atoms with Crippen molar-refractivity contribution >= 4 is 29.1 Å². The summed E-state index contributed by atoms with van der Waals surface area (Å²) in [5, 5.41) is 4.16. The quantitative estimate of drug-likeness (QED) is 0.797. The van der Waals surface area contributed by atoms with Crippen molar-refractivity contribution in [3.63, 3.8) is 0 Å². The van der Waals surface area contributed by atoms with E-state index in [1.54, 1.807) is 18.2 Å². The summed E-state index contributed by atoms with van der Waals surface area (Å²) in [5.74, 6) is 3.34. The standard InChI is InChI=1S/C19H23Cl2NO/c1-19(13-5-11-4-12(7-13)8-14(19)6-11)10-22-18(23)16-9-15(20)2-3-17(16)21/h2-3,9,11-14H,4-8,10H2,1H3,(H,22,23). The largest absolute Gasteiger partial charge is 0.351 e. The van der Waals surface area contributed by atoms with E-state index >= 15 is 0 Å². The molecule has 0 saturated heterocycles. The normalized spacial score (nSPS) is 37.9. The first kappa shape index (κ1) is 15.8. The van der Waals surface area contributed by atoms with E-state index in [1.807, 2.05) is 0 Å². The Morgan fingerprint density at radius 2 is 1.74 bits per heavy atom. The molecule has 0 heterocycles. The molecule has 0 aliphatic heterocycles. The number of amides is 1. The van der Waals surface area contributed by atoms with Crippen LogP contribution in [0.1, 0.15) is 49.4 Å². The zero-order chi connectivity index (χ0) is 16.2. The van der Waals surface area contributed by atoms with Gasteiger partial charge in [0.1, 0.15) is 0 Å². The minimum atomic E-state index is -0.104. The van der Waals surface area contributed by atoms with Crippen molar-refractivity contribution in [2.45, 2.75) is 39.0 Å². The van der Waals surface area contributed by atoms with Crippen molar-refractivity contribution in [2.75, 3.05) is 6.54 Å². The molecule has 0 spiro atoms. The van der Waals surface area contributed by atoms with E-state index < -0.39 is 0 Å². The second-order valence-corrected chi connectivity index (χ2v) is 8.96. The highest BCUT2D eigenvalue weighted by Gasteiger charge is 2.54. The number of hydrogen-bond donors (Lipinski definition) is 1. The van der Waals surface area contributed by atoms with Gasteiger partial charge in [0.2, 0.25) is 0 Å². The molecule has 4 fully saturated rings. The molecule has 23 heavy (non-hydrogen) atoms. The Kier molecular flexibility index (Phi) is 3.89. The fraction of sp³-hybridized carbons (Fsp3) is 0.632. The highest BCUT2D eigenvalue weighted by Crippen LogP contribution is 2.61. The molecule has 4 aliphatic rings. The average Bonchev–Trinajstić information content (AvgIpc) is 2.52. The molecule has 1 aromatic rings. The summed E-state index contributed by atoms with van der Waals surface area (Å²) in [6.45, 7) is 3.14. The number of benzene rings is 1. The van der Waals surface area contributed by atoms with Crippen LogP contribution in [0.2, 0.25) is 10.0 Å². The van der Waals surface area contributed by atoms with Crippen LogP contribution in [0.25, 0.3) is 0 Å². The average molecular weight is 352 g/mol. The van der Waals surface area contributed by atoms with Crippen LogP contribution in [-0.4, -0.2) is 12.5 Å². The van der Waals surface area contributed by atoms with Gasteiger partial charge in [-0.15, -0.1) is 0 Å². The smallest absolute Gasteiger partial charge is 0.252 e. The molecule has 4 saturated carbocycles. The van der Waals surface area contributed by atoms with Gasteiger partial charge in [-0.25, -0.2) is 0 Å². The van der Waals surface area contributed by atoms with Gasteiger partial charge in [-0.1, -0.05) is 30.1 Å². The number of rotatable bonds is 3. The zero-order valence-electron chi connectivity index (χ0n) is 13.4. The molecule has 0 atom stereocenters. The van der Waals surface area contributed by atoms with Crippen molar-refractivity contribution in [3.05, 3.63) is 33.8 Å². The summed E-state index contributed by atoms with van der Waals surface area (Å²) in [4.78, 5) is 12.5. The molecule has 4 bridgehead atoms. The Labute approximate surface area is 147 Å². The first-order valence-electron chi connectivity index (χ1n) is 8.69. The van der Waals surface area contributed by atoms with Gasteiger partial charge in [0, 0.05) is 11.6 Å². The molecular formula is C19H23Cl2NO. The number of carbonyl (C=O) groups excluding carboxylic acids is 1. The number of hydrogen-bond acceptors (Lipinski definition) is 1. The molecule has 1 amide bonds. The molecule has 0 radical (unpaired) electrons. The van der Waals surface area contributed by atoms with Crippen LogP contribution in [0, 0.1) is 29.1 Å². The molecule has 4 aliphatic carbocycles. The lowest BCUT2D eigenvalue weighted by molar-refractivity contribution is -0.0955. The van der Waals surface area contributed by atoms with Gasteiger partial charge in [0.25, 0.3) is 5.91 Å². The second-order valence-electron chi connectivity index (χ2n) is 8.12. The van der Waals surface area contributed by atoms with Crippen LogP contribution in [-0.2, 0) is 0 Å². The van der Waals surface area contributed by atoms with Crippen LogP contribution >= 0.6 is 23.2 Å². The van der Waals surface area contributed by atoms with Gasteiger partial charge in [-0.2, -0.15) is 0 Å². The van der Waals surface area contributed by atoms with Crippen LogP contribution in [0.15, 0.2) is 18.2 Å². The third kappa shape index (κ3) is 2.68. The van der Waals surface area contributed by atoms with Crippen molar-refractivity contribution in [1.82, 2.24) is 5.32 Å². The first-order chi connectivity index (χ1) is 11.0. The Balaban J connectivity index is 1.48. The maximum Gasteiger partial charge on any atom is 0.252 e. The maximum atomic E-state index is 12.5. The summed E-state index contributed by atoms with van der Waals surface area (Å²) >= 11 is 12.1. The van der Waals surface area contributed by atoms with Crippen molar-refractivity contribution < 1.29 is 4.79 Å². The molecule has 1 N–H and O–H groups in total. The molecule has 5 rings (SSSR count). The molecule has 4 heteroatoms. The van der Waals surface area contributed by atoms with Crippen LogP contribution in [0.4, 0.5) is 0 Å². The predicted octanol–water partition coefficient (Wildman–Crippen LogP) is 5.19. The Morgan fingerprint density at radius 1 is 1.13 bits per heavy atom. The van der Waals surface area contributed by atoms with E-state index in [0.29, 0.717) is 15.6 Å². The minimum absolute atomic E-state index is 0.104. The lowest BCUT2D eigenvalue weighted by atomic mass is 9.46. The second kappa shape index (κ2) is 5.67. The van der Waals surface area contributed by atoms with E-state index in [0.717, 1.165) is 30.2 Å². The van der Waals surface area contributed by atoms with Gasteiger partial charge in [0.05, 0.1) is 10.6 Å². The zero-order valence-corrected chi connectivity index (χ0v) is 15.0. The lowest BCUT2D eigenvalue weighted by Crippen LogP contribution is -2.55. The fourth-order valence-electron chi connectivity index (χ4n) is 5.59. The van der Waals surface area contributed by atoms with E-state index in [2.05, 4.69) is 12.2 Å². The third-order valence-electron chi connectivity index (χ3n) is 6.81. The summed E-state index contributed by atoms with van der Waals surface area (Å²) in [5.41, 5.74) is 0.722. The summed E-state index contributed by atoms with van der Waals surface area (Å²) in [7, 11) is 0. The third-order valence-corrected chi connectivity index (χ3v) is 7.37. The van der Waals surface area contributed by atoms with Crippen LogP contribution in [0.5, 0.6) is 0 Å². The topological polar surface area (TPSA) is 29.1 Å². The summed E-state index contributed by atoms with van der Waals surface area (Å²) in [6.07, 6.45) is 6.89. The highest BCUT2D eigenvalue weighted by molar-refractivity contribution is 6.35. The minimum Gasteiger partial charge on any atom is -0.351 e. The maximum absolute atomic E-state index is 12.5. The molecule has 0 aromatic heterocycles. The van der Waals surface area contributed by atoms with Crippen LogP contribution < -0.4 is 5.32 Å².